The van der Waals surface area contributed by atoms with Crippen LogP contribution in [0.2, 0.25) is 20.1 Å². The van der Waals surface area contributed by atoms with Gasteiger partial charge in [0.15, 0.2) is 4.75 Å². The fourth-order valence-corrected chi connectivity index (χ4v) is 6.24. The topological polar surface area (TPSA) is 94.8 Å². The molecule has 0 aliphatic heterocycles. The van der Waals surface area contributed by atoms with Gasteiger partial charge in [-0.15, -0.1) is 0 Å². The number of hydrogen-bond acceptors (Lipinski definition) is 4. The molecule has 3 aromatic rings. The minimum absolute atomic E-state index is 0.117. The first-order chi connectivity index (χ1) is 13.5. The van der Waals surface area contributed by atoms with E-state index >= 15 is 0 Å². The van der Waals surface area contributed by atoms with Gasteiger partial charge in [-0.05, 0) is 42.0 Å². The van der Waals surface area contributed by atoms with Crippen molar-refractivity contribution in [1.82, 2.24) is 0 Å². The van der Waals surface area contributed by atoms with Gasteiger partial charge in [0.25, 0.3) is 10.1 Å². The summed E-state index contributed by atoms with van der Waals surface area (Å²) in [6.07, 6.45) is 0. The quantitative estimate of drug-likeness (QED) is 0.311. The highest BCUT2D eigenvalue weighted by molar-refractivity contribution is 7.87. The van der Waals surface area contributed by atoms with Crippen molar-refractivity contribution in [2.45, 2.75) is 4.75 Å². The van der Waals surface area contributed by atoms with Crippen molar-refractivity contribution in [3.63, 3.8) is 0 Å². The molecule has 0 unspecified atom stereocenters. The summed E-state index contributed by atoms with van der Waals surface area (Å²) in [5.41, 5.74) is -0.765. The van der Waals surface area contributed by atoms with Crippen molar-refractivity contribution in [2.75, 3.05) is 0 Å². The van der Waals surface area contributed by atoms with Gasteiger partial charge < -0.3 is 10.2 Å². The molecule has 152 valence electrons. The van der Waals surface area contributed by atoms with Crippen LogP contribution in [-0.4, -0.2) is 23.2 Å². The SMILES string of the molecule is O=S(=O)(O)C(c1cc(O)cc(O)c1)(c1c(Cl)cccc1Cl)c1c(Cl)cccc1Cl. The molecule has 0 aliphatic carbocycles. The lowest BCUT2D eigenvalue weighted by atomic mass is 9.83. The van der Waals surface area contributed by atoms with E-state index in [4.69, 9.17) is 46.4 Å². The highest BCUT2D eigenvalue weighted by atomic mass is 35.5. The lowest BCUT2D eigenvalue weighted by Gasteiger charge is -2.35. The van der Waals surface area contributed by atoms with Crippen molar-refractivity contribution in [3.05, 3.63) is 91.4 Å². The van der Waals surface area contributed by atoms with E-state index in [9.17, 15) is 23.2 Å². The summed E-state index contributed by atoms with van der Waals surface area (Å²) in [6, 6.07) is 11.5. The predicted molar refractivity (Wildman–Crippen MR) is 114 cm³/mol. The Labute approximate surface area is 186 Å². The smallest absolute Gasteiger partial charge is 0.283 e. The zero-order chi connectivity index (χ0) is 21.6. The van der Waals surface area contributed by atoms with Crippen molar-refractivity contribution in [1.29, 1.82) is 0 Å². The maximum Gasteiger partial charge on any atom is 0.283 e. The van der Waals surface area contributed by atoms with Crippen LogP contribution in [0.3, 0.4) is 0 Å². The van der Waals surface area contributed by atoms with Gasteiger partial charge in [0.1, 0.15) is 11.5 Å². The number of aromatic hydroxyl groups is 2. The number of rotatable bonds is 4. The summed E-state index contributed by atoms with van der Waals surface area (Å²) >= 11 is 25.3. The van der Waals surface area contributed by atoms with Crippen molar-refractivity contribution in [3.8, 4) is 11.5 Å². The van der Waals surface area contributed by atoms with Gasteiger partial charge in [-0.1, -0.05) is 58.5 Å². The molecule has 5 nitrogen and oxygen atoms in total. The third kappa shape index (κ3) is 3.65. The summed E-state index contributed by atoms with van der Waals surface area (Å²) in [5, 5.41) is 19.6. The van der Waals surface area contributed by atoms with Gasteiger partial charge in [0.2, 0.25) is 0 Å². The maximum atomic E-state index is 13.0. The Morgan fingerprint density at radius 2 is 1.03 bits per heavy atom. The molecule has 0 heterocycles. The molecular formula is C19H12Cl4O5S. The van der Waals surface area contributed by atoms with E-state index in [1.54, 1.807) is 0 Å². The van der Waals surface area contributed by atoms with E-state index in [-0.39, 0.29) is 36.8 Å². The van der Waals surface area contributed by atoms with Crippen LogP contribution in [-0.2, 0) is 14.9 Å². The summed E-state index contributed by atoms with van der Waals surface area (Å²) in [4.78, 5) is 0. The fourth-order valence-electron chi connectivity index (χ4n) is 3.29. The molecule has 0 spiro atoms. The normalized spacial score (nSPS) is 12.2. The third-order valence-corrected chi connectivity index (χ3v) is 7.00. The molecule has 0 amide bonds. The summed E-state index contributed by atoms with van der Waals surface area (Å²) < 4.78 is 34.1. The van der Waals surface area contributed by atoms with Crippen LogP contribution < -0.4 is 0 Å². The lowest BCUT2D eigenvalue weighted by molar-refractivity contribution is 0.444. The van der Waals surface area contributed by atoms with Crippen LogP contribution in [0.25, 0.3) is 0 Å². The Kier molecular flexibility index (Phi) is 5.98. The molecule has 10 heteroatoms. The van der Waals surface area contributed by atoms with E-state index in [0.717, 1.165) is 18.2 Å². The zero-order valence-electron chi connectivity index (χ0n) is 14.3. The molecule has 0 bridgehead atoms. The molecular weight excluding hydrogens is 482 g/mol. The average Bonchev–Trinajstić information content (AvgIpc) is 2.57. The Balaban J connectivity index is 2.70. The molecule has 29 heavy (non-hydrogen) atoms. The van der Waals surface area contributed by atoms with Gasteiger partial charge in [-0.3, -0.25) is 4.55 Å². The molecule has 0 radical (unpaired) electrons. The summed E-state index contributed by atoms with van der Waals surface area (Å²) in [5.74, 6) is -0.946. The number of phenols is 2. The number of hydrogen-bond donors (Lipinski definition) is 3. The molecule has 3 N–H and O–H groups in total. The number of halogens is 4. The van der Waals surface area contributed by atoms with Crippen molar-refractivity contribution < 1.29 is 23.2 Å². The predicted octanol–water partition coefficient (Wildman–Crippen LogP) is 5.89. The van der Waals surface area contributed by atoms with E-state index in [1.807, 2.05) is 0 Å². The second kappa shape index (κ2) is 7.87. The Morgan fingerprint density at radius 3 is 1.34 bits per heavy atom. The highest BCUT2D eigenvalue weighted by Gasteiger charge is 2.53. The second-order valence-electron chi connectivity index (χ2n) is 6.09. The Morgan fingerprint density at radius 1 is 0.690 bits per heavy atom. The van der Waals surface area contributed by atoms with E-state index in [0.29, 0.717) is 0 Å². The van der Waals surface area contributed by atoms with E-state index < -0.39 is 26.4 Å². The van der Waals surface area contributed by atoms with Crippen LogP contribution in [0.15, 0.2) is 54.6 Å². The minimum Gasteiger partial charge on any atom is -0.508 e. The summed E-state index contributed by atoms with van der Waals surface area (Å²) in [6.45, 7) is 0. The van der Waals surface area contributed by atoms with Crippen LogP contribution in [0.5, 0.6) is 11.5 Å². The largest absolute Gasteiger partial charge is 0.508 e. The van der Waals surface area contributed by atoms with Crippen LogP contribution >= 0.6 is 46.4 Å². The Bertz CT molecular complexity index is 1100. The first kappa shape index (κ1) is 22.0. The molecule has 3 aromatic carbocycles. The molecule has 0 saturated heterocycles. The standard InChI is InChI=1S/C19H12Cl4O5S/c20-13-3-1-4-14(21)17(13)19(29(26,27)28,10-7-11(24)9-12(25)8-10)18-15(22)5-2-6-16(18)23/h1-9,24-25H,(H,26,27,28). The maximum absolute atomic E-state index is 13.0. The first-order valence-corrected chi connectivity index (χ1v) is 10.8. The van der Waals surface area contributed by atoms with Gasteiger partial charge in [0, 0.05) is 37.3 Å². The van der Waals surface area contributed by atoms with Crippen molar-refractivity contribution in [2.24, 2.45) is 0 Å². The second-order valence-corrected chi connectivity index (χ2v) is 9.28. The Hall–Kier alpha value is -1.67. The first-order valence-electron chi connectivity index (χ1n) is 7.89. The van der Waals surface area contributed by atoms with Crippen LogP contribution in [0.1, 0.15) is 16.7 Å². The van der Waals surface area contributed by atoms with E-state index in [2.05, 4.69) is 0 Å². The minimum atomic E-state index is -5.17. The van der Waals surface area contributed by atoms with Crippen LogP contribution in [0, 0.1) is 0 Å². The molecule has 0 aromatic heterocycles. The lowest BCUT2D eigenvalue weighted by Crippen LogP contribution is -2.39. The average molecular weight is 494 g/mol. The molecule has 0 saturated carbocycles. The third-order valence-electron chi connectivity index (χ3n) is 4.33. The fraction of sp³-hybridized carbons (Fsp3) is 0.0526. The number of benzene rings is 3. The monoisotopic (exact) mass is 492 g/mol. The van der Waals surface area contributed by atoms with Gasteiger partial charge >= 0.3 is 0 Å². The van der Waals surface area contributed by atoms with Gasteiger partial charge in [-0.25, -0.2) is 0 Å². The molecule has 3 rings (SSSR count). The highest BCUT2D eigenvalue weighted by Crippen LogP contribution is 2.53. The van der Waals surface area contributed by atoms with Gasteiger partial charge in [-0.2, -0.15) is 8.42 Å². The summed E-state index contributed by atoms with van der Waals surface area (Å²) in [7, 11) is -5.17. The van der Waals surface area contributed by atoms with Crippen molar-refractivity contribution >= 4 is 56.5 Å². The van der Waals surface area contributed by atoms with Crippen LogP contribution in [0.4, 0.5) is 0 Å². The molecule has 0 aliphatic rings. The number of phenolic OH excluding ortho intramolecular Hbond substituents is 2. The zero-order valence-corrected chi connectivity index (χ0v) is 18.1. The molecule has 0 fully saturated rings. The molecule has 0 atom stereocenters. The van der Waals surface area contributed by atoms with E-state index in [1.165, 1.54) is 36.4 Å². The van der Waals surface area contributed by atoms with Gasteiger partial charge in [0.05, 0.1) is 0 Å².